The quantitative estimate of drug-likeness (QED) is 0.456. The standard InChI is InChI=1S/C20H11FO5.K.H/c21-10-1-4-14-13(7-10)19(24)26-20(14)15-5-2-11(22)8-17(15)25-18-9-12(23)3-6-16(18)20;;/h1-9,22-23H;;. The van der Waals surface area contributed by atoms with Gasteiger partial charge in [0.25, 0.3) is 0 Å². The third-order valence-corrected chi connectivity index (χ3v) is 4.74. The van der Waals surface area contributed by atoms with Crippen LogP contribution in [0.3, 0.4) is 0 Å². The molecule has 0 unspecified atom stereocenters. The Morgan fingerprint density at radius 1 is 0.815 bits per heavy atom. The predicted octanol–water partition coefficient (Wildman–Crippen LogP) is 3.16. The van der Waals surface area contributed by atoms with Gasteiger partial charge in [-0.2, -0.15) is 0 Å². The van der Waals surface area contributed by atoms with Gasteiger partial charge < -0.3 is 19.7 Å². The number of phenols is 2. The molecule has 0 aliphatic carbocycles. The summed E-state index contributed by atoms with van der Waals surface area (Å²) in [5.74, 6) is -0.667. The Kier molecular flexibility index (Phi) is 4.32. The van der Waals surface area contributed by atoms with Crippen molar-refractivity contribution in [3.05, 3.63) is 82.7 Å². The Labute approximate surface area is 195 Å². The molecule has 0 amide bonds. The van der Waals surface area contributed by atoms with Crippen LogP contribution < -0.4 is 4.74 Å². The van der Waals surface area contributed by atoms with Gasteiger partial charge in [0, 0.05) is 28.8 Å². The van der Waals surface area contributed by atoms with Crippen molar-refractivity contribution in [1.29, 1.82) is 0 Å². The zero-order valence-corrected chi connectivity index (χ0v) is 13.2. The third-order valence-electron chi connectivity index (χ3n) is 4.74. The second-order valence-corrected chi connectivity index (χ2v) is 6.22. The molecule has 0 saturated carbocycles. The SMILES string of the molecule is O=C1OC2(c3ccc(O)cc3Oc3cc(O)ccc32)c2ccc(F)cc21.[KH]. The number of ether oxygens (including phenoxy) is 2. The number of carbonyl (C=O) groups is 1. The first-order valence-corrected chi connectivity index (χ1v) is 7.87. The van der Waals surface area contributed by atoms with Crippen LogP contribution in [0.25, 0.3) is 0 Å². The molecule has 2 aliphatic rings. The van der Waals surface area contributed by atoms with Crippen LogP contribution in [0.2, 0.25) is 0 Å². The number of fused-ring (bicyclic) bond motifs is 6. The number of halogens is 1. The summed E-state index contributed by atoms with van der Waals surface area (Å²) in [6.07, 6.45) is 0. The van der Waals surface area contributed by atoms with Gasteiger partial charge in [-0.15, -0.1) is 0 Å². The topological polar surface area (TPSA) is 76.0 Å². The Bertz CT molecular complexity index is 1060. The van der Waals surface area contributed by atoms with Gasteiger partial charge in [-0.1, -0.05) is 6.07 Å². The van der Waals surface area contributed by atoms with Crippen molar-refractivity contribution in [3.8, 4) is 23.0 Å². The normalized spacial score (nSPS) is 15.1. The van der Waals surface area contributed by atoms with Crippen LogP contribution in [0.15, 0.2) is 54.6 Å². The second-order valence-electron chi connectivity index (χ2n) is 6.22. The summed E-state index contributed by atoms with van der Waals surface area (Å²) in [4.78, 5) is 12.5. The van der Waals surface area contributed by atoms with E-state index in [-0.39, 0.29) is 79.9 Å². The van der Waals surface area contributed by atoms with Crippen molar-refractivity contribution in [1.82, 2.24) is 0 Å². The molecule has 0 aromatic heterocycles. The van der Waals surface area contributed by atoms with Gasteiger partial charge in [-0.3, -0.25) is 0 Å². The van der Waals surface area contributed by atoms with E-state index in [4.69, 9.17) is 9.47 Å². The molecule has 0 saturated heterocycles. The summed E-state index contributed by atoms with van der Waals surface area (Å²) in [6.45, 7) is 0. The number of esters is 1. The average molecular weight is 390 g/mol. The van der Waals surface area contributed by atoms with Crippen LogP contribution >= 0.6 is 0 Å². The molecule has 1 spiro atoms. The van der Waals surface area contributed by atoms with E-state index in [1.54, 1.807) is 12.1 Å². The fourth-order valence-electron chi connectivity index (χ4n) is 3.68. The van der Waals surface area contributed by atoms with Crippen LogP contribution in [0.1, 0.15) is 27.0 Å². The van der Waals surface area contributed by atoms with E-state index in [1.165, 1.54) is 36.4 Å². The van der Waals surface area contributed by atoms with Crippen molar-refractivity contribution < 1.29 is 28.9 Å². The minimum absolute atomic E-state index is 0. The molecule has 3 aromatic carbocycles. The van der Waals surface area contributed by atoms with E-state index >= 15 is 0 Å². The first-order chi connectivity index (χ1) is 12.5. The monoisotopic (exact) mass is 390 g/mol. The summed E-state index contributed by atoms with van der Waals surface area (Å²) < 4.78 is 25.3. The summed E-state index contributed by atoms with van der Waals surface area (Å²) in [7, 11) is 0. The average Bonchev–Trinajstić information content (AvgIpc) is 2.87. The van der Waals surface area contributed by atoms with Gasteiger partial charge in [-0.25, -0.2) is 9.18 Å². The Morgan fingerprint density at radius 3 is 1.96 bits per heavy atom. The summed E-state index contributed by atoms with van der Waals surface area (Å²) >= 11 is 0. The zero-order valence-electron chi connectivity index (χ0n) is 13.2. The molecule has 0 fully saturated rings. The van der Waals surface area contributed by atoms with Crippen molar-refractivity contribution in [2.75, 3.05) is 0 Å². The van der Waals surface area contributed by atoms with E-state index in [1.807, 2.05) is 0 Å². The number of carbonyl (C=O) groups excluding carboxylic acids is 1. The number of phenolic OH excluding ortho intramolecular Hbond substituents is 2. The first kappa shape index (κ1) is 18.5. The Hall–Kier alpha value is -1.90. The fourth-order valence-corrected chi connectivity index (χ4v) is 3.68. The van der Waals surface area contributed by atoms with Crippen molar-refractivity contribution >= 4 is 57.4 Å². The molecule has 3 aromatic rings. The van der Waals surface area contributed by atoms with E-state index in [2.05, 4.69) is 0 Å². The number of rotatable bonds is 0. The summed E-state index contributed by atoms with van der Waals surface area (Å²) in [5, 5.41) is 19.6. The molecule has 2 heterocycles. The van der Waals surface area contributed by atoms with Gasteiger partial charge in [0.05, 0.1) is 5.56 Å². The molecule has 0 bridgehead atoms. The number of aromatic hydroxyl groups is 2. The molecular weight excluding hydrogens is 378 g/mol. The third kappa shape index (κ3) is 2.54. The van der Waals surface area contributed by atoms with Gasteiger partial charge in [0.1, 0.15) is 28.8 Å². The van der Waals surface area contributed by atoms with Crippen LogP contribution in [-0.4, -0.2) is 67.6 Å². The zero-order chi connectivity index (χ0) is 18.1. The number of hydrogen-bond donors (Lipinski definition) is 2. The second kappa shape index (κ2) is 6.32. The maximum atomic E-state index is 13.7. The van der Waals surface area contributed by atoms with Crippen LogP contribution in [0, 0.1) is 5.82 Å². The molecule has 5 rings (SSSR count). The van der Waals surface area contributed by atoms with Crippen LogP contribution in [0.4, 0.5) is 4.39 Å². The summed E-state index contributed by atoms with van der Waals surface area (Å²) in [5.41, 5.74) is 0.278. The Morgan fingerprint density at radius 2 is 1.37 bits per heavy atom. The fraction of sp³-hybridized carbons (Fsp3) is 0.0500. The molecular formula is C20H12FKO5. The molecule has 2 aliphatic heterocycles. The van der Waals surface area contributed by atoms with Crippen molar-refractivity contribution in [3.63, 3.8) is 0 Å². The molecule has 27 heavy (non-hydrogen) atoms. The first-order valence-electron chi connectivity index (χ1n) is 7.87. The van der Waals surface area contributed by atoms with Crippen molar-refractivity contribution in [2.24, 2.45) is 0 Å². The predicted molar refractivity (Wildman–Crippen MR) is 95.1 cm³/mol. The van der Waals surface area contributed by atoms with E-state index in [9.17, 15) is 19.4 Å². The van der Waals surface area contributed by atoms with Gasteiger partial charge in [0.2, 0.25) is 0 Å². The molecule has 5 nitrogen and oxygen atoms in total. The summed E-state index contributed by atoms with van der Waals surface area (Å²) in [6, 6.07) is 12.8. The van der Waals surface area contributed by atoms with Gasteiger partial charge in [0.15, 0.2) is 5.60 Å². The van der Waals surface area contributed by atoms with Gasteiger partial charge in [-0.05, 0) is 36.4 Å². The maximum absolute atomic E-state index is 13.7. The number of benzene rings is 3. The minimum atomic E-state index is -1.34. The Balaban J connectivity index is 0.00000180. The van der Waals surface area contributed by atoms with Crippen molar-refractivity contribution in [2.45, 2.75) is 5.60 Å². The van der Waals surface area contributed by atoms with E-state index in [0.29, 0.717) is 16.7 Å². The molecule has 130 valence electrons. The molecule has 0 atom stereocenters. The van der Waals surface area contributed by atoms with Crippen LogP contribution in [-0.2, 0) is 10.3 Å². The van der Waals surface area contributed by atoms with E-state index < -0.39 is 17.4 Å². The van der Waals surface area contributed by atoms with Gasteiger partial charge >= 0.3 is 57.4 Å². The molecule has 2 N–H and O–H groups in total. The van der Waals surface area contributed by atoms with Crippen LogP contribution in [0.5, 0.6) is 23.0 Å². The molecule has 7 heteroatoms. The number of hydrogen-bond acceptors (Lipinski definition) is 5. The molecule has 0 radical (unpaired) electrons. The van der Waals surface area contributed by atoms with E-state index in [0.717, 1.165) is 6.07 Å².